The Morgan fingerprint density at radius 1 is 1.39 bits per heavy atom. The maximum atomic E-state index is 12.7. The van der Waals surface area contributed by atoms with E-state index in [2.05, 4.69) is 5.32 Å². The third kappa shape index (κ3) is 3.87. The molecule has 0 spiro atoms. The highest BCUT2D eigenvalue weighted by Gasteiger charge is 2.32. The standard InChI is InChI=1S/C18H22N4O5S/c1-20-11-21(7-8-27-2)18(26)14-16(24)15(23)13(10-22(14)20)17(25)19-6-5-12-4-3-9-28-12/h3-4,9-10,24H,5-8,11H2,1-2H3,(H,19,25). The van der Waals surface area contributed by atoms with Gasteiger partial charge in [-0.3, -0.25) is 24.1 Å². The summed E-state index contributed by atoms with van der Waals surface area (Å²) in [6, 6.07) is 3.89. The maximum absolute atomic E-state index is 12.7. The van der Waals surface area contributed by atoms with E-state index in [1.54, 1.807) is 23.4 Å². The highest BCUT2D eigenvalue weighted by atomic mass is 32.1. The van der Waals surface area contributed by atoms with E-state index in [4.69, 9.17) is 4.74 Å². The van der Waals surface area contributed by atoms with Crippen molar-refractivity contribution in [1.82, 2.24) is 14.9 Å². The molecule has 28 heavy (non-hydrogen) atoms. The second-order valence-corrected chi connectivity index (χ2v) is 7.39. The fourth-order valence-electron chi connectivity index (χ4n) is 2.97. The number of rotatable bonds is 7. The summed E-state index contributed by atoms with van der Waals surface area (Å²) in [5.41, 5.74) is -1.24. The minimum Gasteiger partial charge on any atom is -0.502 e. The zero-order valence-electron chi connectivity index (χ0n) is 15.7. The lowest BCUT2D eigenvalue weighted by Crippen LogP contribution is -2.53. The van der Waals surface area contributed by atoms with Crippen molar-refractivity contribution in [3.05, 3.63) is 50.1 Å². The Morgan fingerprint density at radius 2 is 2.18 bits per heavy atom. The van der Waals surface area contributed by atoms with Crippen LogP contribution in [0.15, 0.2) is 28.5 Å². The molecule has 0 saturated carbocycles. The van der Waals surface area contributed by atoms with Gasteiger partial charge < -0.3 is 20.1 Å². The predicted molar refractivity (Wildman–Crippen MR) is 105 cm³/mol. The lowest BCUT2D eigenvalue weighted by atomic mass is 10.1. The van der Waals surface area contributed by atoms with Crippen molar-refractivity contribution < 1.29 is 19.4 Å². The summed E-state index contributed by atoms with van der Waals surface area (Å²) >= 11 is 1.59. The van der Waals surface area contributed by atoms with Gasteiger partial charge in [0.15, 0.2) is 11.4 Å². The fraction of sp³-hybridized carbons (Fsp3) is 0.389. The molecule has 3 heterocycles. The zero-order valence-corrected chi connectivity index (χ0v) is 16.5. The van der Waals surface area contributed by atoms with Gasteiger partial charge in [-0.1, -0.05) is 6.07 Å². The fourth-order valence-corrected chi connectivity index (χ4v) is 3.68. The summed E-state index contributed by atoms with van der Waals surface area (Å²) in [5, 5.41) is 16.6. The Hall–Kier alpha value is -2.85. The molecular formula is C18H22N4O5S. The number of aromatic nitrogens is 1. The summed E-state index contributed by atoms with van der Waals surface area (Å²) in [6.07, 6.45) is 1.94. The first-order valence-electron chi connectivity index (χ1n) is 8.73. The average Bonchev–Trinajstić information content (AvgIpc) is 3.19. The van der Waals surface area contributed by atoms with Crippen molar-refractivity contribution in [2.24, 2.45) is 0 Å². The molecule has 0 saturated heterocycles. The summed E-state index contributed by atoms with van der Waals surface area (Å²) in [7, 11) is 3.22. The minimum absolute atomic E-state index is 0.162. The van der Waals surface area contributed by atoms with Crippen molar-refractivity contribution in [2.75, 3.05) is 45.5 Å². The highest BCUT2D eigenvalue weighted by molar-refractivity contribution is 7.09. The number of amides is 2. The number of hydrogen-bond acceptors (Lipinski definition) is 7. The van der Waals surface area contributed by atoms with Crippen LogP contribution < -0.4 is 15.8 Å². The molecule has 1 aliphatic heterocycles. The van der Waals surface area contributed by atoms with Crippen LogP contribution in [-0.4, -0.2) is 67.0 Å². The molecule has 0 radical (unpaired) electrons. The Bertz CT molecular complexity index is 925. The van der Waals surface area contributed by atoms with Gasteiger partial charge in [0.25, 0.3) is 11.8 Å². The van der Waals surface area contributed by atoms with Crippen LogP contribution in [0.2, 0.25) is 0 Å². The third-order valence-electron chi connectivity index (χ3n) is 4.44. The van der Waals surface area contributed by atoms with Crippen LogP contribution in [-0.2, 0) is 11.2 Å². The zero-order chi connectivity index (χ0) is 20.3. The van der Waals surface area contributed by atoms with E-state index in [0.29, 0.717) is 26.1 Å². The van der Waals surface area contributed by atoms with Crippen LogP contribution in [0.3, 0.4) is 0 Å². The molecule has 150 valence electrons. The molecule has 10 heteroatoms. The Balaban J connectivity index is 1.82. The first kappa shape index (κ1) is 19.9. The normalized spacial score (nSPS) is 13.6. The Labute approximate surface area is 165 Å². The molecule has 1 aliphatic rings. The first-order valence-corrected chi connectivity index (χ1v) is 9.60. The number of carbonyl (C=O) groups excluding carboxylic acids is 2. The largest absolute Gasteiger partial charge is 0.502 e. The quantitative estimate of drug-likeness (QED) is 0.682. The number of ether oxygens (including phenoxy) is 1. The van der Waals surface area contributed by atoms with Crippen molar-refractivity contribution in [3.63, 3.8) is 0 Å². The lowest BCUT2D eigenvalue weighted by molar-refractivity contribution is 0.0629. The van der Waals surface area contributed by atoms with E-state index in [9.17, 15) is 19.5 Å². The number of thiophene rings is 1. The average molecular weight is 406 g/mol. The van der Waals surface area contributed by atoms with Gasteiger partial charge in [-0.25, -0.2) is 0 Å². The maximum Gasteiger partial charge on any atom is 0.277 e. The molecule has 0 unspecified atom stereocenters. The molecule has 2 aromatic rings. The van der Waals surface area contributed by atoms with Crippen LogP contribution in [0.4, 0.5) is 0 Å². The lowest BCUT2D eigenvalue weighted by Gasteiger charge is -2.37. The van der Waals surface area contributed by atoms with Crippen molar-refractivity contribution >= 4 is 23.2 Å². The van der Waals surface area contributed by atoms with Crippen molar-refractivity contribution in [1.29, 1.82) is 0 Å². The van der Waals surface area contributed by atoms with Crippen molar-refractivity contribution in [3.8, 4) is 5.75 Å². The van der Waals surface area contributed by atoms with E-state index in [-0.39, 0.29) is 17.9 Å². The number of methoxy groups -OCH3 is 1. The van der Waals surface area contributed by atoms with Crippen molar-refractivity contribution in [2.45, 2.75) is 6.42 Å². The number of aromatic hydroxyl groups is 1. The van der Waals surface area contributed by atoms with E-state index in [0.717, 1.165) is 4.88 Å². The summed E-state index contributed by atoms with van der Waals surface area (Å²) in [6.45, 7) is 1.24. The topological polar surface area (TPSA) is 104 Å². The first-order chi connectivity index (χ1) is 13.4. The molecule has 0 fully saturated rings. The predicted octanol–water partition coefficient (Wildman–Crippen LogP) is 0.215. The molecule has 2 aromatic heterocycles. The summed E-state index contributed by atoms with van der Waals surface area (Å²) in [5.74, 6) is -1.81. The molecule has 2 amide bonds. The molecule has 3 rings (SSSR count). The van der Waals surface area contributed by atoms with E-state index in [1.807, 2.05) is 17.5 Å². The number of hydrogen-bond donors (Lipinski definition) is 2. The van der Waals surface area contributed by atoms with Crippen LogP contribution in [0.25, 0.3) is 0 Å². The van der Waals surface area contributed by atoms with Gasteiger partial charge in [0.1, 0.15) is 12.2 Å². The van der Waals surface area contributed by atoms with Gasteiger partial charge in [0.2, 0.25) is 5.43 Å². The number of nitrogens with zero attached hydrogens (tertiary/aromatic N) is 3. The van der Waals surface area contributed by atoms with Crippen LogP contribution in [0, 0.1) is 0 Å². The van der Waals surface area contributed by atoms with Crippen LogP contribution in [0.1, 0.15) is 25.7 Å². The van der Waals surface area contributed by atoms with Gasteiger partial charge in [-0.15, -0.1) is 11.3 Å². The number of carbonyl (C=O) groups is 2. The van der Waals surface area contributed by atoms with Crippen LogP contribution in [0.5, 0.6) is 5.75 Å². The minimum atomic E-state index is -0.866. The number of pyridine rings is 1. The molecule has 0 bridgehead atoms. The highest BCUT2D eigenvalue weighted by Crippen LogP contribution is 2.20. The third-order valence-corrected chi connectivity index (χ3v) is 5.38. The van der Waals surface area contributed by atoms with E-state index in [1.165, 1.54) is 22.9 Å². The monoisotopic (exact) mass is 406 g/mol. The summed E-state index contributed by atoms with van der Waals surface area (Å²) < 4.78 is 6.33. The van der Waals surface area contributed by atoms with E-state index >= 15 is 0 Å². The van der Waals surface area contributed by atoms with Gasteiger partial charge in [-0.2, -0.15) is 0 Å². The smallest absolute Gasteiger partial charge is 0.277 e. The molecule has 0 atom stereocenters. The van der Waals surface area contributed by atoms with Gasteiger partial charge in [0, 0.05) is 38.3 Å². The van der Waals surface area contributed by atoms with Gasteiger partial charge in [-0.05, 0) is 17.9 Å². The Morgan fingerprint density at radius 3 is 2.86 bits per heavy atom. The summed E-state index contributed by atoms with van der Waals surface area (Å²) in [4.78, 5) is 40.2. The second-order valence-electron chi connectivity index (χ2n) is 6.36. The van der Waals surface area contributed by atoms with Gasteiger partial charge in [0.05, 0.1) is 6.61 Å². The van der Waals surface area contributed by atoms with Gasteiger partial charge >= 0.3 is 0 Å². The molecule has 0 aromatic carbocycles. The van der Waals surface area contributed by atoms with Crippen LogP contribution >= 0.6 is 11.3 Å². The number of fused-ring (bicyclic) bond motifs is 1. The van der Waals surface area contributed by atoms with E-state index < -0.39 is 23.0 Å². The Kier molecular flexibility index (Phi) is 6.00. The second kappa shape index (κ2) is 8.44. The SMILES string of the molecule is COCCN1CN(C)n2cc(C(=O)NCCc3cccs3)c(=O)c(O)c2C1=O. The molecule has 2 N–H and O–H groups in total. The number of nitrogens with one attached hydrogen (secondary N) is 1. The molecule has 0 aliphatic carbocycles. The molecule has 9 nitrogen and oxygen atoms in total. The molecular weight excluding hydrogens is 384 g/mol.